The molecule has 10 heteroatoms. The molecule has 0 aliphatic rings. The largest absolute Gasteiger partial charge is 0.496 e. The third kappa shape index (κ3) is 4.62. The molecular formula is C16H13F3N2O5. The van der Waals surface area contributed by atoms with Gasteiger partial charge in [0.15, 0.2) is 12.4 Å². The molecule has 0 aromatic heterocycles. The molecule has 0 fully saturated rings. The Balaban J connectivity index is 2.10. The van der Waals surface area contributed by atoms with Gasteiger partial charge in [-0.1, -0.05) is 12.1 Å². The van der Waals surface area contributed by atoms with Crippen molar-refractivity contribution in [3.05, 3.63) is 58.1 Å². The molecule has 0 saturated heterocycles. The molecule has 2 aromatic carbocycles. The molecule has 0 aliphatic carbocycles. The molecule has 0 heterocycles. The first-order valence-corrected chi connectivity index (χ1v) is 7.13. The van der Waals surface area contributed by atoms with E-state index in [0.717, 1.165) is 18.2 Å². The predicted molar refractivity (Wildman–Crippen MR) is 85.2 cm³/mol. The van der Waals surface area contributed by atoms with Crippen LogP contribution >= 0.6 is 0 Å². The number of hydrogen-bond acceptors (Lipinski definition) is 5. The molecule has 1 amide bonds. The summed E-state index contributed by atoms with van der Waals surface area (Å²) in [6.45, 7) is -0.709. The molecule has 0 unspecified atom stereocenters. The molecule has 7 nitrogen and oxygen atoms in total. The van der Waals surface area contributed by atoms with Gasteiger partial charge in [-0.15, -0.1) is 0 Å². The fraction of sp³-hybridized carbons (Fsp3) is 0.188. The lowest BCUT2D eigenvalue weighted by Gasteiger charge is -2.14. The van der Waals surface area contributed by atoms with Crippen LogP contribution in [0.2, 0.25) is 0 Å². The number of ether oxygens (including phenoxy) is 2. The second-order valence-electron chi connectivity index (χ2n) is 4.97. The minimum absolute atomic E-state index is 0.213. The number of anilines is 1. The summed E-state index contributed by atoms with van der Waals surface area (Å²) in [6, 6.07) is 8.16. The molecule has 2 rings (SSSR count). The zero-order valence-electron chi connectivity index (χ0n) is 13.4. The van der Waals surface area contributed by atoms with E-state index in [9.17, 15) is 28.1 Å². The lowest BCUT2D eigenvalue weighted by Crippen LogP contribution is -2.22. The van der Waals surface area contributed by atoms with Gasteiger partial charge in [0.25, 0.3) is 5.91 Å². The fourth-order valence-corrected chi connectivity index (χ4v) is 2.06. The van der Waals surface area contributed by atoms with Gasteiger partial charge in [0, 0.05) is 0 Å². The van der Waals surface area contributed by atoms with Crippen molar-refractivity contribution < 1.29 is 32.4 Å². The van der Waals surface area contributed by atoms with E-state index in [-0.39, 0.29) is 11.5 Å². The van der Waals surface area contributed by atoms with Crippen LogP contribution in [0.25, 0.3) is 0 Å². The number of alkyl halides is 3. The second-order valence-corrected chi connectivity index (χ2v) is 4.97. The third-order valence-corrected chi connectivity index (χ3v) is 3.23. The third-order valence-electron chi connectivity index (χ3n) is 3.23. The molecule has 0 aliphatic heterocycles. The number of nitrogens with one attached hydrogen (secondary N) is 1. The van der Waals surface area contributed by atoms with Crippen molar-refractivity contribution in [2.24, 2.45) is 0 Å². The Morgan fingerprint density at radius 2 is 1.92 bits per heavy atom. The monoisotopic (exact) mass is 370 g/mol. The highest BCUT2D eigenvalue weighted by Crippen LogP contribution is 2.34. The van der Waals surface area contributed by atoms with Gasteiger partial charge < -0.3 is 14.8 Å². The number of methoxy groups -OCH3 is 1. The van der Waals surface area contributed by atoms with Gasteiger partial charge in [0.2, 0.25) is 0 Å². The number of para-hydroxylation sites is 1. The number of nitrogens with zero attached hydrogens (tertiary/aromatic N) is 1. The number of nitro benzene ring substituents is 1. The van der Waals surface area contributed by atoms with Gasteiger partial charge in [-0.2, -0.15) is 13.2 Å². The second kappa shape index (κ2) is 7.72. The zero-order valence-corrected chi connectivity index (χ0v) is 13.4. The van der Waals surface area contributed by atoms with Gasteiger partial charge >= 0.3 is 11.9 Å². The molecule has 0 spiro atoms. The molecule has 26 heavy (non-hydrogen) atoms. The first kappa shape index (κ1) is 19.0. The molecule has 138 valence electrons. The van der Waals surface area contributed by atoms with E-state index in [1.807, 2.05) is 0 Å². The Hall–Kier alpha value is -3.30. The van der Waals surface area contributed by atoms with Gasteiger partial charge in [-0.25, -0.2) is 0 Å². The van der Waals surface area contributed by atoms with Crippen LogP contribution in [0.5, 0.6) is 11.5 Å². The van der Waals surface area contributed by atoms with Crippen LogP contribution in [0.15, 0.2) is 42.5 Å². The summed E-state index contributed by atoms with van der Waals surface area (Å²) in [5, 5.41) is 13.1. The minimum atomic E-state index is -4.64. The Morgan fingerprint density at radius 3 is 2.54 bits per heavy atom. The van der Waals surface area contributed by atoms with E-state index >= 15 is 0 Å². The molecule has 2 aromatic rings. The summed E-state index contributed by atoms with van der Waals surface area (Å²) in [6.07, 6.45) is -4.64. The number of nitro groups is 1. The SMILES string of the molecule is COc1ccc(OCC(=O)Nc2ccccc2C(F)(F)F)c([N+](=O)[O-])c1. The number of rotatable bonds is 6. The van der Waals surface area contributed by atoms with E-state index in [1.165, 1.54) is 31.4 Å². The van der Waals surface area contributed by atoms with Crippen molar-refractivity contribution >= 4 is 17.3 Å². The van der Waals surface area contributed by atoms with Crippen molar-refractivity contribution in [3.8, 4) is 11.5 Å². The van der Waals surface area contributed by atoms with Crippen molar-refractivity contribution in [2.45, 2.75) is 6.18 Å². The van der Waals surface area contributed by atoms with Crippen molar-refractivity contribution in [1.29, 1.82) is 0 Å². The smallest absolute Gasteiger partial charge is 0.418 e. The number of carbonyl (C=O) groups is 1. The van der Waals surface area contributed by atoms with E-state index in [4.69, 9.17) is 9.47 Å². The number of amides is 1. The highest BCUT2D eigenvalue weighted by molar-refractivity contribution is 5.92. The van der Waals surface area contributed by atoms with E-state index in [1.54, 1.807) is 0 Å². The summed E-state index contributed by atoms with van der Waals surface area (Å²) in [5.74, 6) is -0.894. The van der Waals surface area contributed by atoms with E-state index in [2.05, 4.69) is 5.32 Å². The molecule has 0 atom stereocenters. The zero-order chi connectivity index (χ0) is 19.3. The van der Waals surface area contributed by atoms with Crippen LogP contribution in [0.4, 0.5) is 24.5 Å². The Kier molecular flexibility index (Phi) is 5.65. The molecule has 0 saturated carbocycles. The average molecular weight is 370 g/mol. The number of hydrogen-bond donors (Lipinski definition) is 1. The minimum Gasteiger partial charge on any atom is -0.496 e. The van der Waals surface area contributed by atoms with Crippen LogP contribution in [0.3, 0.4) is 0 Å². The first-order chi connectivity index (χ1) is 12.2. The summed E-state index contributed by atoms with van der Waals surface area (Å²) >= 11 is 0. The van der Waals surface area contributed by atoms with Gasteiger partial charge in [-0.05, 0) is 24.3 Å². The van der Waals surface area contributed by atoms with Crippen LogP contribution in [-0.4, -0.2) is 24.5 Å². The Bertz CT molecular complexity index is 824. The van der Waals surface area contributed by atoms with Crippen molar-refractivity contribution in [1.82, 2.24) is 0 Å². The quantitative estimate of drug-likeness (QED) is 0.619. The number of halogens is 3. The lowest BCUT2D eigenvalue weighted by atomic mass is 10.1. The van der Waals surface area contributed by atoms with Gasteiger partial charge in [0.1, 0.15) is 5.75 Å². The highest BCUT2D eigenvalue weighted by atomic mass is 19.4. The first-order valence-electron chi connectivity index (χ1n) is 7.13. The molecule has 1 N–H and O–H groups in total. The van der Waals surface area contributed by atoms with E-state index in [0.29, 0.717) is 0 Å². The molecular weight excluding hydrogens is 357 g/mol. The normalized spacial score (nSPS) is 10.9. The predicted octanol–water partition coefficient (Wildman–Crippen LogP) is 3.64. The summed E-state index contributed by atoms with van der Waals surface area (Å²) in [7, 11) is 1.32. The van der Waals surface area contributed by atoms with Crippen molar-refractivity contribution in [3.63, 3.8) is 0 Å². The Labute approximate surface area is 145 Å². The highest BCUT2D eigenvalue weighted by Gasteiger charge is 2.33. The van der Waals surface area contributed by atoms with Crippen LogP contribution in [-0.2, 0) is 11.0 Å². The maximum Gasteiger partial charge on any atom is 0.418 e. The van der Waals surface area contributed by atoms with Crippen LogP contribution in [0.1, 0.15) is 5.56 Å². The Morgan fingerprint density at radius 1 is 1.23 bits per heavy atom. The summed E-state index contributed by atoms with van der Waals surface area (Å²) < 4.78 is 48.6. The summed E-state index contributed by atoms with van der Waals surface area (Å²) in [4.78, 5) is 22.2. The standard InChI is InChI=1S/C16H13F3N2O5/c1-25-10-6-7-14(13(8-10)21(23)24)26-9-15(22)20-12-5-3-2-4-11(12)16(17,18)19/h2-8H,9H2,1H3,(H,20,22). The number of carbonyl (C=O) groups excluding carboxylic acids is 1. The number of benzene rings is 2. The van der Waals surface area contributed by atoms with E-state index < -0.39 is 40.6 Å². The average Bonchev–Trinajstić information content (AvgIpc) is 2.59. The molecule has 0 bridgehead atoms. The molecule has 0 radical (unpaired) electrons. The van der Waals surface area contributed by atoms with Crippen LogP contribution < -0.4 is 14.8 Å². The van der Waals surface area contributed by atoms with Gasteiger partial charge in [0.05, 0.1) is 29.4 Å². The van der Waals surface area contributed by atoms with Crippen LogP contribution in [0, 0.1) is 10.1 Å². The van der Waals surface area contributed by atoms with Gasteiger partial charge in [-0.3, -0.25) is 14.9 Å². The van der Waals surface area contributed by atoms with Crippen molar-refractivity contribution in [2.75, 3.05) is 19.0 Å². The fourth-order valence-electron chi connectivity index (χ4n) is 2.06. The maximum absolute atomic E-state index is 12.9. The topological polar surface area (TPSA) is 90.7 Å². The maximum atomic E-state index is 12.9. The summed E-state index contributed by atoms with van der Waals surface area (Å²) in [5.41, 5.74) is -1.88. The lowest BCUT2D eigenvalue weighted by molar-refractivity contribution is -0.385.